The maximum absolute atomic E-state index is 12.5. The van der Waals surface area contributed by atoms with Crippen LogP contribution in [0.5, 0.6) is 0 Å². The van der Waals surface area contributed by atoms with Gasteiger partial charge in [0.25, 0.3) is 5.91 Å². The van der Waals surface area contributed by atoms with E-state index in [1.54, 1.807) is 12.5 Å². The molecule has 2 aromatic rings. The van der Waals surface area contributed by atoms with Gasteiger partial charge in [0.05, 0.1) is 17.3 Å². The molecule has 0 fully saturated rings. The van der Waals surface area contributed by atoms with E-state index >= 15 is 0 Å². The average Bonchev–Trinajstić information content (AvgIpc) is 2.96. The Bertz CT molecular complexity index is 692. The highest BCUT2D eigenvalue weighted by molar-refractivity contribution is 5.95. The molecule has 1 unspecified atom stereocenters. The summed E-state index contributed by atoms with van der Waals surface area (Å²) < 4.78 is 1.94. The summed E-state index contributed by atoms with van der Waals surface area (Å²) in [6, 6.07) is -0.0219. The lowest BCUT2D eigenvalue weighted by Gasteiger charge is -2.17. The molecule has 2 rings (SSSR count). The number of aromatic nitrogens is 5. The SMILES string of the molecule is Cc1nc(C(C)C)ncc1C(=O)NC(C)c1nncn1C(C)C. The van der Waals surface area contributed by atoms with E-state index in [0.717, 1.165) is 11.6 Å². The zero-order chi connectivity index (χ0) is 17.1. The maximum Gasteiger partial charge on any atom is 0.255 e. The van der Waals surface area contributed by atoms with Crippen molar-refractivity contribution in [2.24, 2.45) is 0 Å². The second-order valence-electron chi connectivity index (χ2n) is 6.27. The van der Waals surface area contributed by atoms with Gasteiger partial charge < -0.3 is 9.88 Å². The molecule has 124 valence electrons. The molecule has 0 radical (unpaired) electrons. The van der Waals surface area contributed by atoms with Crippen LogP contribution in [-0.4, -0.2) is 30.6 Å². The van der Waals surface area contributed by atoms with Crippen molar-refractivity contribution in [3.63, 3.8) is 0 Å². The highest BCUT2D eigenvalue weighted by atomic mass is 16.1. The van der Waals surface area contributed by atoms with Crippen LogP contribution in [0.25, 0.3) is 0 Å². The predicted molar refractivity (Wildman–Crippen MR) is 87.1 cm³/mol. The maximum atomic E-state index is 12.5. The number of amides is 1. The molecule has 0 spiro atoms. The number of hydrogen-bond acceptors (Lipinski definition) is 5. The summed E-state index contributed by atoms with van der Waals surface area (Å²) in [5.74, 6) is 1.50. The number of hydrogen-bond donors (Lipinski definition) is 1. The molecule has 23 heavy (non-hydrogen) atoms. The number of aryl methyl sites for hydroxylation is 1. The van der Waals surface area contributed by atoms with Gasteiger partial charge in [0.1, 0.15) is 12.2 Å². The van der Waals surface area contributed by atoms with E-state index in [9.17, 15) is 4.79 Å². The predicted octanol–water partition coefficient (Wildman–Crippen LogP) is 2.57. The van der Waals surface area contributed by atoms with Gasteiger partial charge in [0, 0.05) is 18.2 Å². The third kappa shape index (κ3) is 3.72. The monoisotopic (exact) mass is 316 g/mol. The lowest BCUT2D eigenvalue weighted by Crippen LogP contribution is -2.30. The minimum atomic E-state index is -0.253. The van der Waals surface area contributed by atoms with Crippen LogP contribution in [0.15, 0.2) is 12.5 Å². The Morgan fingerprint density at radius 2 is 1.91 bits per heavy atom. The molecule has 0 saturated heterocycles. The number of nitrogens with one attached hydrogen (secondary N) is 1. The van der Waals surface area contributed by atoms with Crippen LogP contribution in [-0.2, 0) is 0 Å². The molecule has 0 aliphatic carbocycles. The number of carbonyl (C=O) groups is 1. The van der Waals surface area contributed by atoms with Gasteiger partial charge in [-0.25, -0.2) is 9.97 Å². The van der Waals surface area contributed by atoms with Crippen LogP contribution in [0.3, 0.4) is 0 Å². The zero-order valence-corrected chi connectivity index (χ0v) is 14.5. The molecule has 2 aromatic heterocycles. The van der Waals surface area contributed by atoms with Gasteiger partial charge in [0.15, 0.2) is 5.82 Å². The summed E-state index contributed by atoms with van der Waals surface area (Å²) in [7, 11) is 0. The number of carbonyl (C=O) groups excluding carboxylic acids is 1. The summed E-state index contributed by atoms with van der Waals surface area (Å²) in [6.07, 6.45) is 3.27. The summed E-state index contributed by atoms with van der Waals surface area (Å²) in [5.41, 5.74) is 1.16. The lowest BCUT2D eigenvalue weighted by molar-refractivity contribution is 0.0935. The van der Waals surface area contributed by atoms with E-state index in [1.165, 1.54) is 0 Å². The van der Waals surface area contributed by atoms with Crippen molar-refractivity contribution < 1.29 is 4.79 Å². The van der Waals surface area contributed by atoms with Gasteiger partial charge in [-0.15, -0.1) is 10.2 Å². The molecule has 1 amide bonds. The van der Waals surface area contributed by atoms with Gasteiger partial charge in [-0.05, 0) is 27.7 Å². The van der Waals surface area contributed by atoms with Crippen LogP contribution in [0.4, 0.5) is 0 Å². The Morgan fingerprint density at radius 1 is 1.22 bits per heavy atom. The van der Waals surface area contributed by atoms with Crippen LogP contribution in [0, 0.1) is 6.92 Å². The zero-order valence-electron chi connectivity index (χ0n) is 14.5. The van der Waals surface area contributed by atoms with Crippen molar-refractivity contribution in [3.05, 3.63) is 35.4 Å². The highest BCUT2D eigenvalue weighted by Crippen LogP contribution is 2.16. The normalized spacial score (nSPS) is 12.7. The fraction of sp³-hybridized carbons (Fsp3) is 0.562. The minimum absolute atomic E-state index is 0.205. The van der Waals surface area contributed by atoms with Crippen molar-refractivity contribution in [1.82, 2.24) is 30.0 Å². The van der Waals surface area contributed by atoms with E-state index in [4.69, 9.17) is 0 Å². The molecule has 7 nitrogen and oxygen atoms in total. The molecular weight excluding hydrogens is 292 g/mol. The molecule has 1 N–H and O–H groups in total. The standard InChI is InChI=1S/C16H24N6O/c1-9(2)14-17-7-13(11(5)19-14)16(23)20-12(6)15-21-18-8-22(15)10(3)4/h7-10,12H,1-6H3,(H,20,23). The summed E-state index contributed by atoms with van der Waals surface area (Å²) >= 11 is 0. The van der Waals surface area contributed by atoms with Gasteiger partial charge in [-0.3, -0.25) is 4.79 Å². The quantitative estimate of drug-likeness (QED) is 0.916. The molecule has 2 heterocycles. The van der Waals surface area contributed by atoms with E-state index in [1.807, 2.05) is 46.1 Å². The summed E-state index contributed by atoms with van der Waals surface area (Å²) in [4.78, 5) is 21.2. The Morgan fingerprint density at radius 3 is 2.48 bits per heavy atom. The molecular formula is C16H24N6O. The first-order valence-corrected chi connectivity index (χ1v) is 7.85. The summed E-state index contributed by atoms with van der Waals surface area (Å²) in [5, 5.41) is 11.0. The smallest absolute Gasteiger partial charge is 0.255 e. The van der Waals surface area contributed by atoms with Crippen molar-refractivity contribution >= 4 is 5.91 Å². The molecule has 0 bridgehead atoms. The van der Waals surface area contributed by atoms with Crippen molar-refractivity contribution in [2.45, 2.75) is 59.5 Å². The number of rotatable bonds is 5. The second kappa shape index (κ2) is 6.85. The minimum Gasteiger partial charge on any atom is -0.342 e. The van der Waals surface area contributed by atoms with Gasteiger partial charge >= 0.3 is 0 Å². The fourth-order valence-electron chi connectivity index (χ4n) is 2.28. The van der Waals surface area contributed by atoms with Gasteiger partial charge in [-0.2, -0.15) is 0 Å². The first-order chi connectivity index (χ1) is 10.8. The lowest BCUT2D eigenvalue weighted by atomic mass is 10.1. The Balaban J connectivity index is 2.17. The third-order valence-corrected chi connectivity index (χ3v) is 3.65. The Kier molecular flexibility index (Phi) is 5.08. The fourth-order valence-corrected chi connectivity index (χ4v) is 2.28. The van der Waals surface area contributed by atoms with Gasteiger partial charge in [-0.1, -0.05) is 13.8 Å². The highest BCUT2D eigenvalue weighted by Gasteiger charge is 2.20. The molecule has 0 aromatic carbocycles. The Labute approximate surface area is 136 Å². The van der Waals surface area contributed by atoms with E-state index in [-0.39, 0.29) is 23.9 Å². The first-order valence-electron chi connectivity index (χ1n) is 7.85. The van der Waals surface area contributed by atoms with E-state index in [0.29, 0.717) is 11.3 Å². The largest absolute Gasteiger partial charge is 0.342 e. The van der Waals surface area contributed by atoms with Crippen molar-refractivity contribution in [2.75, 3.05) is 0 Å². The molecule has 7 heteroatoms. The third-order valence-electron chi connectivity index (χ3n) is 3.65. The van der Waals surface area contributed by atoms with Crippen LogP contribution >= 0.6 is 0 Å². The topological polar surface area (TPSA) is 85.6 Å². The van der Waals surface area contributed by atoms with Crippen LogP contribution < -0.4 is 5.32 Å². The average molecular weight is 316 g/mol. The van der Waals surface area contributed by atoms with Crippen molar-refractivity contribution in [3.8, 4) is 0 Å². The summed E-state index contributed by atoms with van der Waals surface area (Å²) in [6.45, 7) is 11.8. The molecule has 1 atom stereocenters. The van der Waals surface area contributed by atoms with Crippen molar-refractivity contribution in [1.29, 1.82) is 0 Å². The first kappa shape index (κ1) is 17.1. The van der Waals surface area contributed by atoms with Gasteiger partial charge in [0.2, 0.25) is 0 Å². The second-order valence-corrected chi connectivity index (χ2v) is 6.27. The van der Waals surface area contributed by atoms with Crippen LogP contribution in [0.2, 0.25) is 0 Å². The van der Waals surface area contributed by atoms with Crippen LogP contribution in [0.1, 0.15) is 80.3 Å². The Hall–Kier alpha value is -2.31. The van der Waals surface area contributed by atoms with E-state index < -0.39 is 0 Å². The molecule has 0 aliphatic heterocycles. The molecule has 0 aliphatic rings. The molecule has 0 saturated carbocycles. The number of nitrogens with zero attached hydrogens (tertiary/aromatic N) is 5. The van der Waals surface area contributed by atoms with E-state index in [2.05, 4.69) is 25.5 Å².